The van der Waals surface area contributed by atoms with Gasteiger partial charge < -0.3 is 19.9 Å². The van der Waals surface area contributed by atoms with Gasteiger partial charge in [0.05, 0.1) is 12.1 Å². The molecule has 0 aromatic rings. The van der Waals surface area contributed by atoms with Gasteiger partial charge in [-0.3, -0.25) is 9.69 Å². The first kappa shape index (κ1) is 17.5. The van der Waals surface area contributed by atoms with E-state index in [1.54, 1.807) is 4.90 Å². The fourth-order valence-electron chi connectivity index (χ4n) is 3.93. The third kappa shape index (κ3) is 3.83. The van der Waals surface area contributed by atoms with Crippen LogP contribution in [0, 0.1) is 0 Å². The first-order valence-electron chi connectivity index (χ1n) is 9.21. The highest BCUT2D eigenvalue weighted by atomic mass is 16.5. The van der Waals surface area contributed by atoms with Crippen LogP contribution in [0.25, 0.3) is 0 Å². The number of amides is 3. The number of rotatable bonds is 5. The Morgan fingerprint density at radius 1 is 1.25 bits per heavy atom. The van der Waals surface area contributed by atoms with Gasteiger partial charge in [-0.05, 0) is 32.6 Å². The van der Waals surface area contributed by atoms with E-state index >= 15 is 0 Å². The Morgan fingerprint density at radius 2 is 2.00 bits per heavy atom. The van der Waals surface area contributed by atoms with Crippen molar-refractivity contribution in [3.05, 3.63) is 0 Å². The standard InChI is InChI=1S/C17H30N4O3/c1-13(16(22)18-12-15-4-3-11-24-15)20-7-5-14(6-8-20)21-10-9-19(2)17(21)23/h13-15H,3-12H2,1-2H3,(H,18,22)/t13-,15+/m0/s1. The number of hydrogen-bond donors (Lipinski definition) is 1. The molecule has 0 saturated carbocycles. The molecule has 0 radical (unpaired) electrons. The minimum Gasteiger partial charge on any atom is -0.376 e. The second-order valence-corrected chi connectivity index (χ2v) is 7.22. The van der Waals surface area contributed by atoms with E-state index in [1.165, 1.54) is 0 Å². The van der Waals surface area contributed by atoms with E-state index < -0.39 is 0 Å². The van der Waals surface area contributed by atoms with Gasteiger partial charge in [0, 0.05) is 52.4 Å². The van der Waals surface area contributed by atoms with Gasteiger partial charge in [-0.25, -0.2) is 4.79 Å². The molecule has 7 heteroatoms. The average Bonchev–Trinajstić information content (AvgIpc) is 3.23. The highest BCUT2D eigenvalue weighted by Crippen LogP contribution is 2.22. The molecule has 0 bridgehead atoms. The third-order valence-corrected chi connectivity index (χ3v) is 5.64. The lowest BCUT2D eigenvalue weighted by Crippen LogP contribution is -2.52. The molecule has 3 fully saturated rings. The summed E-state index contributed by atoms with van der Waals surface area (Å²) >= 11 is 0. The Labute approximate surface area is 144 Å². The Kier molecular flexibility index (Phi) is 5.61. The predicted molar refractivity (Wildman–Crippen MR) is 90.8 cm³/mol. The number of carbonyl (C=O) groups excluding carboxylic acids is 2. The van der Waals surface area contributed by atoms with Crippen molar-refractivity contribution in [3.8, 4) is 0 Å². The van der Waals surface area contributed by atoms with Crippen LogP contribution in [0.5, 0.6) is 0 Å². The van der Waals surface area contributed by atoms with E-state index in [9.17, 15) is 9.59 Å². The van der Waals surface area contributed by atoms with Crippen LogP contribution >= 0.6 is 0 Å². The van der Waals surface area contributed by atoms with Crippen molar-refractivity contribution in [1.29, 1.82) is 0 Å². The van der Waals surface area contributed by atoms with Crippen molar-refractivity contribution in [2.75, 3.05) is 46.4 Å². The van der Waals surface area contributed by atoms with Gasteiger partial charge in [0.2, 0.25) is 5.91 Å². The second kappa shape index (κ2) is 7.70. The molecular formula is C17H30N4O3. The minimum atomic E-state index is -0.121. The van der Waals surface area contributed by atoms with Gasteiger partial charge >= 0.3 is 6.03 Å². The van der Waals surface area contributed by atoms with Gasteiger partial charge in [0.1, 0.15) is 0 Å². The molecule has 2 atom stereocenters. The summed E-state index contributed by atoms with van der Waals surface area (Å²) in [6.07, 6.45) is 4.21. The lowest BCUT2D eigenvalue weighted by atomic mass is 10.0. The Morgan fingerprint density at radius 3 is 2.58 bits per heavy atom. The summed E-state index contributed by atoms with van der Waals surface area (Å²) in [6.45, 7) is 6.79. The topological polar surface area (TPSA) is 65.1 Å². The lowest BCUT2D eigenvalue weighted by Gasteiger charge is -2.38. The molecule has 7 nitrogen and oxygen atoms in total. The lowest BCUT2D eigenvalue weighted by molar-refractivity contribution is -0.127. The second-order valence-electron chi connectivity index (χ2n) is 7.22. The maximum atomic E-state index is 12.4. The van der Waals surface area contributed by atoms with Crippen molar-refractivity contribution in [2.45, 2.75) is 50.8 Å². The molecular weight excluding hydrogens is 308 g/mol. The Bertz CT molecular complexity index is 459. The number of piperidine rings is 1. The van der Waals surface area contributed by atoms with E-state index in [-0.39, 0.29) is 24.1 Å². The number of hydrogen-bond acceptors (Lipinski definition) is 4. The molecule has 3 aliphatic rings. The monoisotopic (exact) mass is 338 g/mol. The van der Waals surface area contributed by atoms with E-state index in [4.69, 9.17) is 4.74 Å². The van der Waals surface area contributed by atoms with Crippen LogP contribution in [0.4, 0.5) is 4.79 Å². The van der Waals surface area contributed by atoms with Crippen molar-refractivity contribution in [3.63, 3.8) is 0 Å². The number of ether oxygens (including phenoxy) is 1. The minimum absolute atomic E-state index is 0.0842. The zero-order valence-corrected chi connectivity index (χ0v) is 14.9. The number of nitrogens with zero attached hydrogens (tertiary/aromatic N) is 3. The van der Waals surface area contributed by atoms with Gasteiger partial charge in [0.25, 0.3) is 0 Å². The molecule has 3 aliphatic heterocycles. The van der Waals surface area contributed by atoms with E-state index in [0.717, 1.165) is 58.5 Å². The molecule has 0 unspecified atom stereocenters. The van der Waals surface area contributed by atoms with Crippen molar-refractivity contribution < 1.29 is 14.3 Å². The van der Waals surface area contributed by atoms with Crippen LogP contribution in [0.3, 0.4) is 0 Å². The molecule has 24 heavy (non-hydrogen) atoms. The van der Waals surface area contributed by atoms with Crippen LogP contribution < -0.4 is 5.32 Å². The summed E-state index contributed by atoms with van der Waals surface area (Å²) in [6, 6.07) is 0.348. The van der Waals surface area contributed by atoms with Gasteiger partial charge in [-0.1, -0.05) is 0 Å². The van der Waals surface area contributed by atoms with Crippen LogP contribution in [-0.4, -0.2) is 91.2 Å². The quantitative estimate of drug-likeness (QED) is 0.793. The highest BCUT2D eigenvalue weighted by molar-refractivity contribution is 5.81. The summed E-state index contributed by atoms with van der Waals surface area (Å²) in [4.78, 5) is 30.5. The number of carbonyl (C=O) groups is 2. The predicted octanol–water partition coefficient (Wildman–Crippen LogP) is 0.502. The molecule has 0 aromatic heterocycles. The Balaban J connectivity index is 1.42. The zero-order valence-electron chi connectivity index (χ0n) is 14.9. The number of nitrogens with one attached hydrogen (secondary N) is 1. The summed E-state index contributed by atoms with van der Waals surface area (Å²) < 4.78 is 5.55. The van der Waals surface area contributed by atoms with Crippen LogP contribution in [0.1, 0.15) is 32.6 Å². The molecule has 0 aromatic carbocycles. The van der Waals surface area contributed by atoms with Gasteiger partial charge in [0.15, 0.2) is 0 Å². The van der Waals surface area contributed by atoms with Gasteiger partial charge in [-0.2, -0.15) is 0 Å². The maximum Gasteiger partial charge on any atom is 0.320 e. The normalized spacial score (nSPS) is 27.8. The van der Waals surface area contributed by atoms with Crippen molar-refractivity contribution in [1.82, 2.24) is 20.0 Å². The van der Waals surface area contributed by atoms with Crippen LogP contribution in [-0.2, 0) is 9.53 Å². The molecule has 3 saturated heterocycles. The number of urea groups is 1. The van der Waals surface area contributed by atoms with E-state index in [0.29, 0.717) is 12.6 Å². The maximum absolute atomic E-state index is 12.4. The fourth-order valence-corrected chi connectivity index (χ4v) is 3.93. The summed E-state index contributed by atoms with van der Waals surface area (Å²) in [5, 5.41) is 3.02. The molecule has 0 spiro atoms. The first-order valence-corrected chi connectivity index (χ1v) is 9.21. The van der Waals surface area contributed by atoms with E-state index in [1.807, 2.05) is 18.9 Å². The van der Waals surface area contributed by atoms with E-state index in [2.05, 4.69) is 10.2 Å². The van der Waals surface area contributed by atoms with Crippen LogP contribution in [0.15, 0.2) is 0 Å². The van der Waals surface area contributed by atoms with Crippen molar-refractivity contribution in [2.24, 2.45) is 0 Å². The zero-order chi connectivity index (χ0) is 17.1. The first-order chi connectivity index (χ1) is 11.6. The Hall–Kier alpha value is -1.34. The fraction of sp³-hybridized carbons (Fsp3) is 0.882. The SMILES string of the molecule is C[C@@H](C(=O)NC[C@H]1CCCO1)N1CCC(N2CCN(C)C2=O)CC1. The molecule has 1 N–H and O–H groups in total. The average molecular weight is 338 g/mol. The van der Waals surface area contributed by atoms with Crippen LogP contribution in [0.2, 0.25) is 0 Å². The van der Waals surface area contributed by atoms with Crippen molar-refractivity contribution >= 4 is 11.9 Å². The molecule has 3 heterocycles. The molecule has 0 aliphatic carbocycles. The molecule has 3 amide bonds. The third-order valence-electron chi connectivity index (χ3n) is 5.64. The molecule has 3 rings (SSSR count). The van der Waals surface area contributed by atoms with Gasteiger partial charge in [-0.15, -0.1) is 0 Å². The summed E-state index contributed by atoms with van der Waals surface area (Å²) in [5.41, 5.74) is 0. The smallest absolute Gasteiger partial charge is 0.320 e. The number of likely N-dealkylation sites (tertiary alicyclic amines) is 1. The summed E-state index contributed by atoms with van der Waals surface area (Å²) in [5.74, 6) is 0.0842. The number of likely N-dealkylation sites (N-methyl/N-ethyl adjacent to an activating group) is 1. The largest absolute Gasteiger partial charge is 0.376 e. The molecule has 136 valence electrons. The summed E-state index contributed by atoms with van der Waals surface area (Å²) in [7, 11) is 1.86. The highest BCUT2D eigenvalue weighted by Gasteiger charge is 2.35.